The zero-order valence-corrected chi connectivity index (χ0v) is 10.3. The molecule has 1 aromatic carbocycles. The van der Waals surface area contributed by atoms with Gasteiger partial charge in [0, 0.05) is 5.69 Å². The molecule has 1 heterocycles. The van der Waals surface area contributed by atoms with Gasteiger partial charge in [0.25, 0.3) is 0 Å². The molecule has 0 unspecified atom stereocenters. The van der Waals surface area contributed by atoms with Crippen LogP contribution in [0.15, 0.2) is 36.5 Å². The smallest absolute Gasteiger partial charge is 0.149 e. The highest BCUT2D eigenvalue weighted by Crippen LogP contribution is 2.12. The number of nitrogens with zero attached hydrogens (tertiary/aromatic N) is 2. The molecule has 0 atom stereocenters. The van der Waals surface area contributed by atoms with Crippen molar-refractivity contribution in [1.29, 1.82) is 0 Å². The third-order valence-electron chi connectivity index (χ3n) is 2.35. The molecule has 0 amide bonds. The summed E-state index contributed by atoms with van der Waals surface area (Å²) in [4.78, 5) is 0. The average molecular weight is 244 g/mol. The molecule has 0 saturated heterocycles. The Bertz CT molecular complexity index is 499. The Morgan fingerprint density at radius 2 is 2.06 bits per heavy atom. The fourth-order valence-corrected chi connectivity index (χ4v) is 1.46. The Morgan fingerprint density at radius 1 is 1.28 bits per heavy atom. The molecule has 3 N–H and O–H groups in total. The van der Waals surface area contributed by atoms with Gasteiger partial charge in [-0.25, -0.2) is 0 Å². The molecule has 1 aromatic heterocycles. The first-order valence-corrected chi connectivity index (χ1v) is 5.75. The molecule has 5 nitrogen and oxygen atoms in total. The van der Waals surface area contributed by atoms with Crippen LogP contribution < -0.4 is 15.8 Å². The lowest BCUT2D eigenvalue weighted by atomic mass is 10.3. The van der Waals surface area contributed by atoms with Gasteiger partial charge in [0.15, 0.2) is 0 Å². The molecule has 0 spiro atoms. The van der Waals surface area contributed by atoms with Gasteiger partial charge >= 0.3 is 0 Å². The number of hydrogen-bond donors (Lipinski definition) is 2. The van der Waals surface area contributed by atoms with Crippen molar-refractivity contribution in [2.75, 3.05) is 24.2 Å². The normalized spacial score (nSPS) is 10.1. The average Bonchev–Trinajstić information content (AvgIpc) is 2.37. The Kier molecular flexibility index (Phi) is 3.96. The van der Waals surface area contributed by atoms with Crippen LogP contribution in [0.3, 0.4) is 0 Å². The number of benzene rings is 1. The minimum absolute atomic E-state index is 0.555. The number of hydrogen-bond acceptors (Lipinski definition) is 5. The Hall–Kier alpha value is -2.30. The monoisotopic (exact) mass is 244 g/mol. The molecular weight excluding hydrogens is 228 g/mol. The third kappa shape index (κ3) is 3.62. The zero-order valence-electron chi connectivity index (χ0n) is 10.3. The fourth-order valence-electron chi connectivity index (χ4n) is 1.46. The van der Waals surface area contributed by atoms with Gasteiger partial charge in [-0.05, 0) is 42.8 Å². The van der Waals surface area contributed by atoms with Gasteiger partial charge in [-0.15, -0.1) is 5.10 Å². The van der Waals surface area contributed by atoms with Crippen LogP contribution in [0.25, 0.3) is 0 Å². The number of rotatable bonds is 5. The maximum absolute atomic E-state index is 5.59. The van der Waals surface area contributed by atoms with Crippen LogP contribution >= 0.6 is 0 Å². The number of aryl methyl sites for hydroxylation is 1. The molecule has 2 aromatic rings. The van der Waals surface area contributed by atoms with Gasteiger partial charge in [0.2, 0.25) is 0 Å². The van der Waals surface area contributed by atoms with E-state index in [-0.39, 0.29) is 0 Å². The van der Waals surface area contributed by atoms with E-state index in [1.165, 1.54) is 0 Å². The van der Waals surface area contributed by atoms with Crippen LogP contribution in [0.4, 0.5) is 11.5 Å². The molecule has 0 radical (unpaired) electrons. The Balaban J connectivity index is 1.74. The van der Waals surface area contributed by atoms with E-state index in [0.29, 0.717) is 13.2 Å². The summed E-state index contributed by atoms with van der Waals surface area (Å²) in [5.41, 5.74) is 7.40. The van der Waals surface area contributed by atoms with E-state index in [2.05, 4.69) is 15.5 Å². The summed E-state index contributed by atoms with van der Waals surface area (Å²) in [5, 5.41) is 11.0. The Labute approximate surface area is 106 Å². The van der Waals surface area contributed by atoms with E-state index >= 15 is 0 Å². The summed E-state index contributed by atoms with van der Waals surface area (Å²) in [6, 6.07) is 9.27. The van der Waals surface area contributed by atoms with Crippen LogP contribution in [-0.2, 0) is 0 Å². The summed E-state index contributed by atoms with van der Waals surface area (Å²) in [5.74, 6) is 1.57. The summed E-state index contributed by atoms with van der Waals surface area (Å²) in [6.45, 7) is 3.20. The fraction of sp³-hybridized carbons (Fsp3) is 0.231. The van der Waals surface area contributed by atoms with Gasteiger partial charge in [0.1, 0.15) is 18.2 Å². The van der Waals surface area contributed by atoms with Gasteiger partial charge in [-0.2, -0.15) is 5.10 Å². The first kappa shape index (κ1) is 12.2. The van der Waals surface area contributed by atoms with Crippen molar-refractivity contribution in [3.8, 4) is 5.75 Å². The molecule has 0 aliphatic carbocycles. The highest BCUT2D eigenvalue weighted by molar-refractivity contribution is 5.41. The number of nitrogens with one attached hydrogen (secondary N) is 1. The second kappa shape index (κ2) is 5.86. The molecule has 0 fully saturated rings. The molecule has 5 heteroatoms. The minimum atomic E-state index is 0.555. The highest BCUT2D eigenvalue weighted by atomic mass is 16.5. The van der Waals surface area contributed by atoms with Crippen molar-refractivity contribution in [2.24, 2.45) is 0 Å². The second-order valence-corrected chi connectivity index (χ2v) is 3.96. The van der Waals surface area contributed by atoms with E-state index in [1.54, 1.807) is 6.20 Å². The SMILES string of the molecule is Cc1cnnc(NCCOc2ccc(N)cc2)c1. The second-order valence-electron chi connectivity index (χ2n) is 3.96. The molecule has 0 saturated carbocycles. The van der Waals surface area contributed by atoms with Crippen LogP contribution in [0.1, 0.15) is 5.56 Å². The molecule has 2 rings (SSSR count). The lowest BCUT2D eigenvalue weighted by Gasteiger charge is -2.08. The van der Waals surface area contributed by atoms with Gasteiger partial charge in [-0.3, -0.25) is 0 Å². The Morgan fingerprint density at radius 3 is 2.78 bits per heavy atom. The molecule has 0 aliphatic heterocycles. The third-order valence-corrected chi connectivity index (χ3v) is 2.35. The topological polar surface area (TPSA) is 73.1 Å². The summed E-state index contributed by atoms with van der Waals surface area (Å²) in [7, 11) is 0. The minimum Gasteiger partial charge on any atom is -0.492 e. The van der Waals surface area contributed by atoms with Crippen molar-refractivity contribution in [1.82, 2.24) is 10.2 Å². The van der Waals surface area contributed by atoms with Crippen LogP contribution in [-0.4, -0.2) is 23.3 Å². The zero-order chi connectivity index (χ0) is 12.8. The lowest BCUT2D eigenvalue weighted by Crippen LogP contribution is -2.12. The van der Waals surface area contributed by atoms with Crippen LogP contribution in [0.2, 0.25) is 0 Å². The predicted octanol–water partition coefficient (Wildman–Crippen LogP) is 1.86. The standard InChI is InChI=1S/C13H16N4O/c1-10-8-13(17-16-9-10)15-6-7-18-12-4-2-11(14)3-5-12/h2-5,8-9H,6-7,14H2,1H3,(H,15,17). The number of nitrogens with two attached hydrogens (primary N) is 1. The van der Waals surface area contributed by atoms with Crippen molar-refractivity contribution >= 4 is 11.5 Å². The highest BCUT2D eigenvalue weighted by Gasteiger charge is 1.96. The predicted molar refractivity (Wildman–Crippen MR) is 71.6 cm³/mol. The van der Waals surface area contributed by atoms with Crippen molar-refractivity contribution in [3.63, 3.8) is 0 Å². The van der Waals surface area contributed by atoms with Crippen molar-refractivity contribution in [3.05, 3.63) is 42.1 Å². The number of ether oxygens (including phenoxy) is 1. The molecule has 94 valence electrons. The number of aromatic nitrogens is 2. The lowest BCUT2D eigenvalue weighted by molar-refractivity contribution is 0.333. The van der Waals surface area contributed by atoms with E-state index in [4.69, 9.17) is 10.5 Å². The number of anilines is 2. The molecular formula is C13H16N4O. The maximum atomic E-state index is 5.59. The summed E-state index contributed by atoms with van der Waals surface area (Å²) >= 11 is 0. The van der Waals surface area contributed by atoms with Gasteiger partial charge in [0.05, 0.1) is 12.7 Å². The summed E-state index contributed by atoms with van der Waals surface area (Å²) in [6.07, 6.45) is 1.72. The number of nitrogen functional groups attached to an aromatic ring is 1. The van der Waals surface area contributed by atoms with Gasteiger partial charge in [-0.1, -0.05) is 0 Å². The largest absolute Gasteiger partial charge is 0.492 e. The van der Waals surface area contributed by atoms with E-state index in [0.717, 1.165) is 22.8 Å². The first-order valence-electron chi connectivity index (χ1n) is 5.75. The quantitative estimate of drug-likeness (QED) is 0.620. The maximum Gasteiger partial charge on any atom is 0.149 e. The van der Waals surface area contributed by atoms with E-state index in [9.17, 15) is 0 Å². The molecule has 0 bridgehead atoms. The molecule has 18 heavy (non-hydrogen) atoms. The molecule has 0 aliphatic rings. The van der Waals surface area contributed by atoms with Crippen LogP contribution in [0.5, 0.6) is 5.75 Å². The van der Waals surface area contributed by atoms with Crippen molar-refractivity contribution < 1.29 is 4.74 Å². The van der Waals surface area contributed by atoms with Crippen LogP contribution in [0, 0.1) is 6.92 Å². The van der Waals surface area contributed by atoms with Gasteiger partial charge < -0.3 is 15.8 Å². The van der Waals surface area contributed by atoms with Crippen molar-refractivity contribution in [2.45, 2.75) is 6.92 Å². The van der Waals surface area contributed by atoms with E-state index in [1.807, 2.05) is 37.3 Å². The van der Waals surface area contributed by atoms with E-state index < -0.39 is 0 Å². The first-order chi connectivity index (χ1) is 8.74. The summed E-state index contributed by atoms with van der Waals surface area (Å²) < 4.78 is 5.55.